The third-order valence-electron chi connectivity index (χ3n) is 1.64. The van der Waals surface area contributed by atoms with Crippen molar-refractivity contribution in [1.82, 2.24) is 5.32 Å². The summed E-state index contributed by atoms with van der Waals surface area (Å²) in [5.74, 6) is 0. The Bertz CT molecular complexity index is 265. The molecule has 0 aromatic rings. The second-order valence-corrected chi connectivity index (χ2v) is 4.54. The van der Waals surface area contributed by atoms with Crippen LogP contribution in [0.5, 0.6) is 0 Å². The van der Waals surface area contributed by atoms with Gasteiger partial charge in [0.2, 0.25) is 0 Å². The predicted octanol–water partition coefficient (Wildman–Crippen LogP) is 1.18. The van der Waals surface area contributed by atoms with Crippen LogP contribution in [-0.2, 0) is 4.74 Å². The number of nitrogens with zero attached hydrogens (tertiary/aromatic N) is 1. The maximum atomic E-state index is 11.3. The van der Waals surface area contributed by atoms with Gasteiger partial charge in [0.25, 0.3) is 0 Å². The van der Waals surface area contributed by atoms with Gasteiger partial charge in [-0.3, -0.25) is 0 Å². The van der Waals surface area contributed by atoms with E-state index in [1.54, 1.807) is 20.8 Å². The van der Waals surface area contributed by atoms with Crippen LogP contribution in [0.15, 0.2) is 0 Å². The van der Waals surface area contributed by atoms with E-state index in [-0.39, 0.29) is 13.0 Å². The van der Waals surface area contributed by atoms with E-state index in [1.165, 1.54) is 6.92 Å². The number of carbonyl (C=O) groups is 1. The number of hydrogen-bond acceptors (Lipinski definition) is 4. The molecule has 0 aliphatic rings. The van der Waals surface area contributed by atoms with Crippen LogP contribution < -0.4 is 5.32 Å². The first-order valence-corrected chi connectivity index (χ1v) is 4.76. The topological polar surface area (TPSA) is 82.4 Å². The number of ether oxygens (including phenoxy) is 1. The van der Waals surface area contributed by atoms with Crippen molar-refractivity contribution in [3.8, 4) is 6.07 Å². The highest BCUT2D eigenvalue weighted by atomic mass is 16.6. The number of alkyl carbamates (subject to hydrolysis) is 1. The molecule has 0 aliphatic carbocycles. The normalized spacial score (nSPS) is 14.9. The van der Waals surface area contributed by atoms with Crippen molar-refractivity contribution in [1.29, 1.82) is 5.26 Å². The second kappa shape index (κ2) is 4.99. The summed E-state index contributed by atoms with van der Waals surface area (Å²) in [7, 11) is 0. The largest absolute Gasteiger partial charge is 0.444 e. The third-order valence-corrected chi connectivity index (χ3v) is 1.64. The number of nitriles is 1. The van der Waals surface area contributed by atoms with E-state index in [1.807, 2.05) is 6.07 Å². The quantitative estimate of drug-likeness (QED) is 0.739. The number of aliphatic hydroxyl groups is 1. The minimum absolute atomic E-state index is 0.167. The van der Waals surface area contributed by atoms with Gasteiger partial charge >= 0.3 is 6.09 Å². The molecule has 0 bridgehead atoms. The SMILES string of the molecule is CC(C#N)(CCO)NC(=O)OC(C)(C)C. The summed E-state index contributed by atoms with van der Waals surface area (Å²) in [6, 6.07) is 1.92. The van der Waals surface area contributed by atoms with E-state index in [2.05, 4.69) is 5.32 Å². The molecule has 5 nitrogen and oxygen atoms in total. The Hall–Kier alpha value is -1.28. The molecule has 0 heterocycles. The van der Waals surface area contributed by atoms with Gasteiger partial charge in [0, 0.05) is 13.0 Å². The van der Waals surface area contributed by atoms with Crippen molar-refractivity contribution in [2.45, 2.75) is 45.3 Å². The first-order valence-electron chi connectivity index (χ1n) is 4.76. The fraction of sp³-hybridized carbons (Fsp3) is 0.800. The highest BCUT2D eigenvalue weighted by molar-refractivity contribution is 5.69. The Balaban J connectivity index is 4.33. The molecule has 0 aliphatic heterocycles. The molecule has 0 aromatic heterocycles. The van der Waals surface area contributed by atoms with E-state index < -0.39 is 17.2 Å². The van der Waals surface area contributed by atoms with E-state index in [0.29, 0.717) is 0 Å². The average Bonchev–Trinajstić information content (AvgIpc) is 2.00. The summed E-state index contributed by atoms with van der Waals surface area (Å²) in [4.78, 5) is 11.3. The van der Waals surface area contributed by atoms with Gasteiger partial charge in [-0.05, 0) is 27.7 Å². The fourth-order valence-electron chi connectivity index (χ4n) is 0.899. The van der Waals surface area contributed by atoms with Crippen LogP contribution in [0.2, 0.25) is 0 Å². The highest BCUT2D eigenvalue weighted by Crippen LogP contribution is 2.11. The molecule has 0 saturated carbocycles. The van der Waals surface area contributed by atoms with Crippen LogP contribution in [-0.4, -0.2) is 28.9 Å². The molecule has 0 spiro atoms. The van der Waals surface area contributed by atoms with Crippen LogP contribution >= 0.6 is 0 Å². The highest BCUT2D eigenvalue weighted by Gasteiger charge is 2.28. The molecule has 86 valence electrons. The average molecular weight is 214 g/mol. The summed E-state index contributed by atoms with van der Waals surface area (Å²) in [6.07, 6.45) is -0.483. The Labute approximate surface area is 90.0 Å². The van der Waals surface area contributed by atoms with E-state index in [4.69, 9.17) is 15.1 Å². The number of amides is 1. The molecule has 5 heteroatoms. The third kappa shape index (κ3) is 5.92. The fourth-order valence-corrected chi connectivity index (χ4v) is 0.899. The van der Waals surface area contributed by atoms with Gasteiger partial charge in [0.1, 0.15) is 11.1 Å². The Morgan fingerprint density at radius 2 is 2.00 bits per heavy atom. The van der Waals surface area contributed by atoms with Crippen LogP contribution in [0.3, 0.4) is 0 Å². The van der Waals surface area contributed by atoms with Gasteiger partial charge in [-0.25, -0.2) is 4.79 Å². The summed E-state index contributed by atoms with van der Waals surface area (Å²) < 4.78 is 5.00. The predicted molar refractivity (Wildman–Crippen MR) is 55.1 cm³/mol. The summed E-state index contributed by atoms with van der Waals surface area (Å²) >= 11 is 0. The molecule has 0 rings (SSSR count). The Morgan fingerprint density at radius 3 is 2.33 bits per heavy atom. The Kier molecular flexibility index (Phi) is 4.56. The number of aliphatic hydroxyl groups excluding tert-OH is 1. The van der Waals surface area contributed by atoms with Gasteiger partial charge < -0.3 is 15.2 Å². The summed E-state index contributed by atoms with van der Waals surface area (Å²) in [5.41, 5.74) is -1.68. The van der Waals surface area contributed by atoms with Crippen molar-refractivity contribution in [3.63, 3.8) is 0 Å². The van der Waals surface area contributed by atoms with Crippen LogP contribution in [0.1, 0.15) is 34.1 Å². The molecule has 0 radical (unpaired) electrons. The van der Waals surface area contributed by atoms with E-state index in [9.17, 15) is 4.79 Å². The van der Waals surface area contributed by atoms with Crippen LogP contribution in [0.25, 0.3) is 0 Å². The number of nitrogens with one attached hydrogen (secondary N) is 1. The number of hydrogen-bond donors (Lipinski definition) is 2. The lowest BCUT2D eigenvalue weighted by Crippen LogP contribution is -2.47. The standard InChI is InChI=1S/C10H18N2O3/c1-9(2,3)15-8(14)12-10(4,7-11)5-6-13/h13H,5-6H2,1-4H3,(H,12,14). The van der Waals surface area contributed by atoms with Crippen molar-refractivity contribution in [2.75, 3.05) is 6.61 Å². The smallest absolute Gasteiger partial charge is 0.408 e. The second-order valence-electron chi connectivity index (χ2n) is 4.54. The van der Waals surface area contributed by atoms with E-state index >= 15 is 0 Å². The van der Waals surface area contributed by atoms with Crippen molar-refractivity contribution < 1.29 is 14.6 Å². The van der Waals surface area contributed by atoms with Gasteiger partial charge in [-0.2, -0.15) is 5.26 Å². The van der Waals surface area contributed by atoms with Crippen molar-refractivity contribution in [2.24, 2.45) is 0 Å². The lowest BCUT2D eigenvalue weighted by molar-refractivity contribution is 0.0477. The molecule has 2 N–H and O–H groups in total. The molecule has 0 fully saturated rings. The molecular weight excluding hydrogens is 196 g/mol. The molecule has 0 aromatic carbocycles. The van der Waals surface area contributed by atoms with Gasteiger partial charge in [-0.1, -0.05) is 0 Å². The van der Waals surface area contributed by atoms with Crippen molar-refractivity contribution >= 4 is 6.09 Å². The zero-order valence-electron chi connectivity index (χ0n) is 9.63. The zero-order valence-corrected chi connectivity index (χ0v) is 9.63. The molecule has 15 heavy (non-hydrogen) atoms. The van der Waals surface area contributed by atoms with Crippen LogP contribution in [0.4, 0.5) is 4.79 Å². The number of rotatable bonds is 3. The molecular formula is C10H18N2O3. The maximum Gasteiger partial charge on any atom is 0.408 e. The van der Waals surface area contributed by atoms with E-state index in [0.717, 1.165) is 0 Å². The molecule has 0 saturated heterocycles. The van der Waals surface area contributed by atoms with Crippen LogP contribution in [0, 0.1) is 11.3 Å². The van der Waals surface area contributed by atoms with Gasteiger partial charge in [-0.15, -0.1) is 0 Å². The lowest BCUT2D eigenvalue weighted by Gasteiger charge is -2.25. The lowest BCUT2D eigenvalue weighted by atomic mass is 10.0. The molecule has 1 atom stereocenters. The Morgan fingerprint density at radius 1 is 1.47 bits per heavy atom. The molecule has 1 unspecified atom stereocenters. The minimum Gasteiger partial charge on any atom is -0.444 e. The van der Waals surface area contributed by atoms with Gasteiger partial charge in [0.05, 0.1) is 6.07 Å². The monoisotopic (exact) mass is 214 g/mol. The first-order chi connectivity index (χ1) is 6.72. The summed E-state index contributed by atoms with van der Waals surface area (Å²) in [5, 5.41) is 20.0. The number of carbonyl (C=O) groups excluding carboxylic acids is 1. The van der Waals surface area contributed by atoms with Crippen molar-refractivity contribution in [3.05, 3.63) is 0 Å². The first kappa shape index (κ1) is 13.7. The summed E-state index contributed by atoms with van der Waals surface area (Å²) in [6.45, 7) is 6.58. The van der Waals surface area contributed by atoms with Gasteiger partial charge in [0.15, 0.2) is 0 Å². The zero-order chi connectivity index (χ0) is 12.1. The minimum atomic E-state index is -1.09. The molecule has 1 amide bonds. The maximum absolute atomic E-state index is 11.3.